The van der Waals surface area contributed by atoms with Crippen LogP contribution in [0.3, 0.4) is 0 Å². The highest BCUT2D eigenvalue weighted by molar-refractivity contribution is 8.03. The molecular formula is C14H17N3OS3. The zero-order valence-electron chi connectivity index (χ0n) is 12.3. The quantitative estimate of drug-likeness (QED) is 0.835. The largest absolute Gasteiger partial charge is 0.325 e. The summed E-state index contributed by atoms with van der Waals surface area (Å²) in [5.74, 6) is -0.0205. The summed E-state index contributed by atoms with van der Waals surface area (Å²) in [6.45, 7) is 5.91. The lowest BCUT2D eigenvalue weighted by atomic mass is 10.1. The van der Waals surface area contributed by atoms with E-state index in [0.29, 0.717) is 0 Å². The van der Waals surface area contributed by atoms with Gasteiger partial charge in [-0.1, -0.05) is 52.6 Å². The highest BCUT2D eigenvalue weighted by Crippen LogP contribution is 2.30. The van der Waals surface area contributed by atoms with Crippen LogP contribution < -0.4 is 5.32 Å². The van der Waals surface area contributed by atoms with Crippen LogP contribution >= 0.6 is 34.9 Å². The number of carbonyl (C=O) groups is 1. The summed E-state index contributed by atoms with van der Waals surface area (Å²) in [5, 5.41) is 10.9. The second-order valence-corrected chi connectivity index (χ2v) is 8.22. The highest BCUT2D eigenvalue weighted by Gasteiger charge is 2.17. The van der Waals surface area contributed by atoms with Crippen molar-refractivity contribution in [3.8, 4) is 0 Å². The molecule has 7 heteroatoms. The fourth-order valence-corrected chi connectivity index (χ4v) is 4.30. The van der Waals surface area contributed by atoms with Gasteiger partial charge in [0.05, 0.1) is 5.25 Å². The summed E-state index contributed by atoms with van der Waals surface area (Å²) in [6.07, 6.45) is 1.96. The molecule has 112 valence electrons. The maximum atomic E-state index is 12.2. The third-order valence-electron chi connectivity index (χ3n) is 2.85. The van der Waals surface area contributed by atoms with Gasteiger partial charge in [0.2, 0.25) is 5.91 Å². The summed E-state index contributed by atoms with van der Waals surface area (Å²) in [6, 6.07) is 6.00. The second kappa shape index (κ2) is 7.29. The molecule has 1 aromatic carbocycles. The predicted molar refractivity (Wildman–Crippen MR) is 91.6 cm³/mol. The summed E-state index contributed by atoms with van der Waals surface area (Å²) in [7, 11) is 0. The molecule has 0 saturated heterocycles. The Morgan fingerprint density at radius 1 is 1.29 bits per heavy atom. The molecule has 0 fully saturated rings. The molecule has 1 atom stereocenters. The van der Waals surface area contributed by atoms with Crippen molar-refractivity contribution >= 4 is 46.5 Å². The van der Waals surface area contributed by atoms with E-state index in [2.05, 4.69) is 21.6 Å². The van der Waals surface area contributed by atoms with Gasteiger partial charge in [0.1, 0.15) is 0 Å². The number of anilines is 1. The van der Waals surface area contributed by atoms with Crippen LogP contribution in [-0.4, -0.2) is 27.6 Å². The zero-order valence-corrected chi connectivity index (χ0v) is 14.8. The van der Waals surface area contributed by atoms with E-state index < -0.39 is 0 Å². The van der Waals surface area contributed by atoms with Gasteiger partial charge in [-0.3, -0.25) is 4.79 Å². The molecule has 0 aliphatic carbocycles. The lowest BCUT2D eigenvalue weighted by Gasteiger charge is -2.12. The first-order valence-electron chi connectivity index (χ1n) is 6.42. The number of hydrogen-bond acceptors (Lipinski definition) is 6. The smallest absolute Gasteiger partial charge is 0.237 e. The first-order valence-corrected chi connectivity index (χ1v) is 9.34. The normalized spacial score (nSPS) is 12.2. The number of rotatable bonds is 5. The van der Waals surface area contributed by atoms with E-state index in [4.69, 9.17) is 0 Å². The molecule has 0 aliphatic heterocycles. The number of nitrogens with zero attached hydrogens (tertiary/aromatic N) is 2. The average molecular weight is 340 g/mol. The van der Waals surface area contributed by atoms with Gasteiger partial charge in [-0.25, -0.2) is 0 Å². The molecule has 2 rings (SSSR count). The van der Waals surface area contributed by atoms with Gasteiger partial charge < -0.3 is 5.32 Å². The first-order chi connectivity index (χ1) is 9.99. The second-order valence-electron chi connectivity index (χ2n) is 4.61. The number of carbonyl (C=O) groups excluding carboxylic acids is 1. The average Bonchev–Trinajstić information content (AvgIpc) is 2.89. The van der Waals surface area contributed by atoms with E-state index in [9.17, 15) is 4.79 Å². The van der Waals surface area contributed by atoms with Crippen molar-refractivity contribution in [3.05, 3.63) is 29.3 Å². The molecule has 1 heterocycles. The van der Waals surface area contributed by atoms with Gasteiger partial charge in [0, 0.05) is 5.69 Å². The Morgan fingerprint density at radius 3 is 2.62 bits per heavy atom. The SMILES string of the molecule is CSc1nnc(S[C@@H](C)C(=O)Nc2ccc(C)cc2C)s1. The van der Waals surface area contributed by atoms with Crippen LogP contribution in [0.25, 0.3) is 0 Å². The molecule has 4 nitrogen and oxygen atoms in total. The standard InChI is InChI=1S/C14H17N3OS3/c1-8-5-6-11(9(2)7-8)15-12(18)10(3)20-14-17-16-13(19-4)21-14/h5-7,10H,1-4H3,(H,15,18)/t10-/m0/s1. The Bertz CT molecular complexity index is 642. The van der Waals surface area contributed by atoms with Gasteiger partial charge in [0.25, 0.3) is 0 Å². The molecule has 0 unspecified atom stereocenters. The summed E-state index contributed by atoms with van der Waals surface area (Å²) in [5.41, 5.74) is 3.12. The van der Waals surface area contributed by atoms with Crippen LogP contribution in [0.15, 0.2) is 26.9 Å². The van der Waals surface area contributed by atoms with Crippen LogP contribution in [0.5, 0.6) is 0 Å². The Hall–Kier alpha value is -1.05. The molecule has 1 aromatic heterocycles. The minimum absolute atomic E-state index is 0.0205. The lowest BCUT2D eigenvalue weighted by molar-refractivity contribution is -0.115. The van der Waals surface area contributed by atoms with E-state index in [-0.39, 0.29) is 11.2 Å². The van der Waals surface area contributed by atoms with Crippen LogP contribution in [0.1, 0.15) is 18.1 Å². The number of amides is 1. The minimum atomic E-state index is -0.214. The molecular weight excluding hydrogens is 322 g/mol. The van der Waals surface area contributed by atoms with E-state index >= 15 is 0 Å². The van der Waals surface area contributed by atoms with Crippen molar-refractivity contribution in [1.29, 1.82) is 0 Å². The van der Waals surface area contributed by atoms with Crippen LogP contribution in [0.2, 0.25) is 0 Å². The Kier molecular flexibility index (Phi) is 5.66. The number of benzene rings is 1. The molecule has 0 aliphatic rings. The van der Waals surface area contributed by atoms with Gasteiger partial charge in [-0.2, -0.15) is 0 Å². The maximum Gasteiger partial charge on any atom is 0.237 e. The predicted octanol–water partition coefficient (Wildman–Crippen LogP) is 4.00. The van der Waals surface area contributed by atoms with Crippen LogP contribution in [0.4, 0.5) is 5.69 Å². The molecule has 0 spiro atoms. The number of nitrogens with one attached hydrogen (secondary N) is 1. The van der Waals surface area contributed by atoms with Crippen molar-refractivity contribution in [1.82, 2.24) is 10.2 Å². The van der Waals surface area contributed by atoms with E-state index in [1.54, 1.807) is 11.8 Å². The van der Waals surface area contributed by atoms with E-state index in [0.717, 1.165) is 19.9 Å². The lowest BCUT2D eigenvalue weighted by Crippen LogP contribution is -2.22. The number of aromatic nitrogens is 2. The molecule has 21 heavy (non-hydrogen) atoms. The number of aryl methyl sites for hydroxylation is 2. The number of hydrogen-bond donors (Lipinski definition) is 1. The summed E-state index contributed by atoms with van der Waals surface area (Å²) < 4.78 is 1.74. The highest BCUT2D eigenvalue weighted by atomic mass is 32.2. The van der Waals surface area contributed by atoms with Crippen molar-refractivity contribution < 1.29 is 4.79 Å². The third kappa shape index (κ3) is 4.46. The van der Waals surface area contributed by atoms with E-state index in [1.807, 2.05) is 39.2 Å². The first kappa shape index (κ1) is 16.3. The Balaban J connectivity index is 1.99. The van der Waals surface area contributed by atoms with Gasteiger partial charge >= 0.3 is 0 Å². The van der Waals surface area contributed by atoms with Gasteiger partial charge in [-0.15, -0.1) is 10.2 Å². The van der Waals surface area contributed by atoms with Crippen molar-refractivity contribution in [3.63, 3.8) is 0 Å². The van der Waals surface area contributed by atoms with Gasteiger partial charge in [0.15, 0.2) is 8.68 Å². The zero-order chi connectivity index (χ0) is 15.4. The molecule has 2 aromatic rings. The van der Waals surface area contributed by atoms with E-state index in [1.165, 1.54) is 28.7 Å². The molecule has 0 radical (unpaired) electrons. The van der Waals surface area contributed by atoms with Crippen molar-refractivity contribution in [2.75, 3.05) is 11.6 Å². The molecule has 1 N–H and O–H groups in total. The Morgan fingerprint density at radius 2 is 2.00 bits per heavy atom. The van der Waals surface area contributed by atoms with Crippen molar-refractivity contribution in [2.24, 2.45) is 0 Å². The summed E-state index contributed by atoms with van der Waals surface area (Å²) in [4.78, 5) is 12.2. The maximum absolute atomic E-state index is 12.2. The monoisotopic (exact) mass is 339 g/mol. The van der Waals surface area contributed by atoms with Gasteiger partial charge in [-0.05, 0) is 38.7 Å². The number of thioether (sulfide) groups is 2. The van der Waals surface area contributed by atoms with Crippen LogP contribution in [-0.2, 0) is 4.79 Å². The molecule has 1 amide bonds. The minimum Gasteiger partial charge on any atom is -0.325 e. The Labute approximate surface area is 137 Å². The van der Waals surface area contributed by atoms with Crippen LogP contribution in [0, 0.1) is 13.8 Å². The van der Waals surface area contributed by atoms with Crippen molar-refractivity contribution in [2.45, 2.75) is 34.7 Å². The molecule has 0 saturated carbocycles. The fourth-order valence-electron chi connectivity index (χ4n) is 1.72. The fraction of sp³-hybridized carbons (Fsp3) is 0.357. The third-order valence-corrected chi connectivity index (χ3v) is 5.93. The summed E-state index contributed by atoms with van der Waals surface area (Å²) >= 11 is 4.51. The topological polar surface area (TPSA) is 54.9 Å². The molecule has 0 bridgehead atoms.